The second kappa shape index (κ2) is 3.94. The molecule has 0 heterocycles. The molecule has 3 unspecified atom stereocenters. The highest BCUT2D eigenvalue weighted by Crippen LogP contribution is 2.49. The van der Waals surface area contributed by atoms with Crippen molar-refractivity contribution >= 4 is 5.78 Å². The number of aryl methyl sites for hydroxylation is 1. The van der Waals surface area contributed by atoms with E-state index in [1.807, 2.05) is 6.92 Å². The summed E-state index contributed by atoms with van der Waals surface area (Å²) in [4.78, 5) is 12.4. The standard InChI is InChI=1S/C15H17FO/c1-9-6-12(16)4-5-13(9)15(17)14-8-10-2-3-11(14)7-10/h4-6,10-11,14H,2-3,7-8H2,1H3. The summed E-state index contributed by atoms with van der Waals surface area (Å²) >= 11 is 0. The van der Waals surface area contributed by atoms with E-state index < -0.39 is 0 Å². The lowest BCUT2D eigenvalue weighted by atomic mass is 9.82. The largest absolute Gasteiger partial charge is 0.294 e. The Balaban J connectivity index is 1.87. The molecule has 2 aliphatic rings. The van der Waals surface area contributed by atoms with Crippen LogP contribution < -0.4 is 0 Å². The molecule has 3 rings (SSSR count). The normalized spacial score (nSPS) is 30.8. The monoisotopic (exact) mass is 232 g/mol. The van der Waals surface area contributed by atoms with Crippen molar-refractivity contribution in [1.82, 2.24) is 0 Å². The average molecular weight is 232 g/mol. The van der Waals surface area contributed by atoms with E-state index >= 15 is 0 Å². The number of hydrogen-bond donors (Lipinski definition) is 0. The molecule has 0 amide bonds. The van der Waals surface area contributed by atoms with Gasteiger partial charge in [0.25, 0.3) is 0 Å². The van der Waals surface area contributed by atoms with Crippen LogP contribution >= 0.6 is 0 Å². The number of carbonyl (C=O) groups is 1. The minimum Gasteiger partial charge on any atom is -0.294 e. The second-order valence-electron chi connectivity index (χ2n) is 5.60. The molecule has 0 radical (unpaired) electrons. The van der Waals surface area contributed by atoms with E-state index in [4.69, 9.17) is 0 Å². The minimum absolute atomic E-state index is 0.206. The molecule has 2 fully saturated rings. The van der Waals surface area contributed by atoms with Gasteiger partial charge in [-0.05, 0) is 61.8 Å². The molecular weight excluding hydrogens is 215 g/mol. The van der Waals surface area contributed by atoms with Crippen molar-refractivity contribution in [2.45, 2.75) is 32.6 Å². The smallest absolute Gasteiger partial charge is 0.166 e. The Hall–Kier alpha value is -1.18. The van der Waals surface area contributed by atoms with Crippen molar-refractivity contribution in [2.75, 3.05) is 0 Å². The average Bonchev–Trinajstić information content (AvgIpc) is 2.89. The summed E-state index contributed by atoms with van der Waals surface area (Å²) < 4.78 is 13.0. The van der Waals surface area contributed by atoms with E-state index in [-0.39, 0.29) is 17.5 Å². The summed E-state index contributed by atoms with van der Waals surface area (Å²) in [5.74, 6) is 1.56. The fraction of sp³-hybridized carbons (Fsp3) is 0.533. The Bertz CT molecular complexity index is 466. The number of hydrogen-bond acceptors (Lipinski definition) is 1. The van der Waals surface area contributed by atoms with Gasteiger partial charge in [-0.15, -0.1) is 0 Å². The van der Waals surface area contributed by atoms with Crippen LogP contribution in [-0.4, -0.2) is 5.78 Å². The zero-order chi connectivity index (χ0) is 12.0. The van der Waals surface area contributed by atoms with Crippen molar-refractivity contribution in [3.05, 3.63) is 35.1 Å². The number of fused-ring (bicyclic) bond motifs is 2. The van der Waals surface area contributed by atoms with Crippen LogP contribution in [0.5, 0.6) is 0 Å². The van der Waals surface area contributed by atoms with Crippen molar-refractivity contribution < 1.29 is 9.18 Å². The SMILES string of the molecule is Cc1cc(F)ccc1C(=O)C1CC2CCC1C2. The molecule has 0 aromatic heterocycles. The molecule has 90 valence electrons. The summed E-state index contributed by atoms with van der Waals surface area (Å²) in [6, 6.07) is 4.51. The first-order valence-corrected chi connectivity index (χ1v) is 6.45. The highest BCUT2D eigenvalue weighted by molar-refractivity contribution is 5.99. The molecule has 2 heteroatoms. The Kier molecular flexibility index (Phi) is 2.53. The third-order valence-electron chi connectivity index (χ3n) is 4.53. The molecule has 0 spiro atoms. The Morgan fingerprint density at radius 3 is 2.71 bits per heavy atom. The number of rotatable bonds is 2. The van der Waals surface area contributed by atoms with Gasteiger partial charge in [0.1, 0.15) is 5.82 Å². The number of halogens is 1. The molecule has 0 saturated heterocycles. The van der Waals surface area contributed by atoms with E-state index in [1.54, 1.807) is 6.07 Å². The lowest BCUT2D eigenvalue weighted by Gasteiger charge is -2.21. The lowest BCUT2D eigenvalue weighted by molar-refractivity contribution is 0.0874. The van der Waals surface area contributed by atoms with Gasteiger partial charge in [-0.3, -0.25) is 4.79 Å². The Morgan fingerprint density at radius 2 is 2.12 bits per heavy atom. The molecule has 3 atom stereocenters. The molecule has 0 N–H and O–H groups in total. The zero-order valence-corrected chi connectivity index (χ0v) is 10.1. The first kappa shape index (κ1) is 10.9. The van der Waals surface area contributed by atoms with E-state index in [2.05, 4.69) is 0 Å². The van der Waals surface area contributed by atoms with E-state index in [0.29, 0.717) is 5.92 Å². The third kappa shape index (κ3) is 1.80. The lowest BCUT2D eigenvalue weighted by Crippen LogP contribution is -2.21. The second-order valence-corrected chi connectivity index (χ2v) is 5.60. The maximum atomic E-state index is 13.0. The predicted molar refractivity (Wildman–Crippen MR) is 64.4 cm³/mol. The van der Waals surface area contributed by atoms with Crippen LogP contribution in [0.4, 0.5) is 4.39 Å². The summed E-state index contributed by atoms with van der Waals surface area (Å²) in [6.45, 7) is 1.82. The molecule has 0 aliphatic heterocycles. The molecule has 2 saturated carbocycles. The zero-order valence-electron chi connectivity index (χ0n) is 10.1. The van der Waals surface area contributed by atoms with Crippen LogP contribution in [0.15, 0.2) is 18.2 Å². The molecule has 1 aromatic carbocycles. The fourth-order valence-electron chi connectivity index (χ4n) is 3.67. The van der Waals surface area contributed by atoms with Gasteiger partial charge in [-0.25, -0.2) is 4.39 Å². The predicted octanol–water partition coefficient (Wildman–Crippen LogP) is 3.75. The van der Waals surface area contributed by atoms with E-state index in [1.165, 1.54) is 31.4 Å². The van der Waals surface area contributed by atoms with Gasteiger partial charge in [0.2, 0.25) is 0 Å². The highest BCUT2D eigenvalue weighted by Gasteiger charge is 2.43. The van der Waals surface area contributed by atoms with Gasteiger partial charge >= 0.3 is 0 Å². The quantitative estimate of drug-likeness (QED) is 0.710. The van der Waals surface area contributed by atoms with Crippen LogP contribution in [0.1, 0.15) is 41.6 Å². The molecule has 2 aliphatic carbocycles. The summed E-state index contributed by atoms with van der Waals surface area (Å²) in [5, 5.41) is 0. The third-order valence-corrected chi connectivity index (χ3v) is 4.53. The Labute approximate surface area is 101 Å². The molecule has 1 nitrogen and oxygen atoms in total. The van der Waals surface area contributed by atoms with Crippen molar-refractivity contribution in [1.29, 1.82) is 0 Å². The van der Waals surface area contributed by atoms with E-state index in [0.717, 1.165) is 23.5 Å². The van der Waals surface area contributed by atoms with Crippen molar-refractivity contribution in [3.63, 3.8) is 0 Å². The summed E-state index contributed by atoms with van der Waals surface area (Å²) in [5.41, 5.74) is 1.50. The minimum atomic E-state index is -0.257. The summed E-state index contributed by atoms with van der Waals surface area (Å²) in [7, 11) is 0. The van der Waals surface area contributed by atoms with Crippen LogP contribution in [0.25, 0.3) is 0 Å². The van der Waals surface area contributed by atoms with Crippen molar-refractivity contribution in [3.8, 4) is 0 Å². The van der Waals surface area contributed by atoms with Gasteiger partial charge in [-0.1, -0.05) is 6.42 Å². The maximum absolute atomic E-state index is 13.0. The first-order chi connectivity index (χ1) is 8.15. The topological polar surface area (TPSA) is 17.1 Å². The maximum Gasteiger partial charge on any atom is 0.166 e. The number of benzene rings is 1. The Morgan fingerprint density at radius 1 is 1.29 bits per heavy atom. The van der Waals surface area contributed by atoms with Gasteiger partial charge in [0.05, 0.1) is 0 Å². The van der Waals surface area contributed by atoms with Gasteiger partial charge in [0.15, 0.2) is 5.78 Å². The van der Waals surface area contributed by atoms with Gasteiger partial charge < -0.3 is 0 Å². The number of ketones is 1. The van der Waals surface area contributed by atoms with Crippen LogP contribution in [-0.2, 0) is 0 Å². The van der Waals surface area contributed by atoms with E-state index in [9.17, 15) is 9.18 Å². The molecular formula is C15H17FO. The fourth-order valence-corrected chi connectivity index (χ4v) is 3.67. The van der Waals surface area contributed by atoms with Crippen LogP contribution in [0.3, 0.4) is 0 Å². The molecule has 2 bridgehead atoms. The molecule has 1 aromatic rings. The van der Waals surface area contributed by atoms with Gasteiger partial charge in [-0.2, -0.15) is 0 Å². The van der Waals surface area contributed by atoms with Gasteiger partial charge in [0, 0.05) is 11.5 Å². The highest BCUT2D eigenvalue weighted by atomic mass is 19.1. The van der Waals surface area contributed by atoms with Crippen molar-refractivity contribution in [2.24, 2.45) is 17.8 Å². The molecule has 17 heavy (non-hydrogen) atoms. The number of Topliss-reactive ketones (excluding diaryl/α,β-unsaturated/α-hetero) is 1. The number of carbonyl (C=O) groups excluding carboxylic acids is 1. The first-order valence-electron chi connectivity index (χ1n) is 6.45. The van der Waals surface area contributed by atoms with Crippen LogP contribution in [0, 0.1) is 30.5 Å². The van der Waals surface area contributed by atoms with Crippen LogP contribution in [0.2, 0.25) is 0 Å². The summed E-state index contributed by atoms with van der Waals surface area (Å²) in [6.07, 6.45) is 4.80.